The van der Waals surface area contributed by atoms with Gasteiger partial charge in [-0.2, -0.15) is 0 Å². The van der Waals surface area contributed by atoms with Crippen LogP contribution in [0.1, 0.15) is 36.6 Å². The zero-order valence-electron chi connectivity index (χ0n) is 17.7. The lowest BCUT2D eigenvalue weighted by molar-refractivity contribution is 0.0654. The Kier molecular flexibility index (Phi) is 5.89. The molecule has 0 spiro atoms. The highest BCUT2D eigenvalue weighted by Gasteiger charge is 2.34. The fourth-order valence-corrected chi connectivity index (χ4v) is 3.54. The molecule has 162 valence electrons. The van der Waals surface area contributed by atoms with Gasteiger partial charge >= 0.3 is 5.97 Å². The van der Waals surface area contributed by atoms with Crippen LogP contribution < -0.4 is 14.2 Å². The average molecular weight is 431 g/mol. The van der Waals surface area contributed by atoms with Crippen molar-refractivity contribution in [3.05, 3.63) is 89.0 Å². The van der Waals surface area contributed by atoms with Gasteiger partial charge in [0.15, 0.2) is 11.5 Å². The molecule has 7 heteroatoms. The number of carbonyl (C=O) groups is 3. The molecule has 0 saturated carbocycles. The normalized spacial score (nSPS) is 12.5. The van der Waals surface area contributed by atoms with Crippen LogP contribution in [0.25, 0.3) is 0 Å². The lowest BCUT2D eigenvalue weighted by Crippen LogP contribution is -2.31. The Morgan fingerprint density at radius 1 is 0.812 bits per heavy atom. The number of benzene rings is 3. The molecule has 0 saturated heterocycles. The van der Waals surface area contributed by atoms with E-state index in [9.17, 15) is 14.4 Å². The number of hydrogen-bond acceptors (Lipinski definition) is 6. The van der Waals surface area contributed by atoms with E-state index >= 15 is 0 Å². The molecular formula is C25H21NO6. The summed E-state index contributed by atoms with van der Waals surface area (Å²) in [6, 6.07) is 18.6. The number of hydrogen-bond donors (Lipinski definition) is 0. The van der Waals surface area contributed by atoms with Gasteiger partial charge in [-0.3, -0.25) is 14.5 Å². The summed E-state index contributed by atoms with van der Waals surface area (Å²) in [5.41, 5.74) is 2.12. The van der Waals surface area contributed by atoms with Crippen LogP contribution in [-0.4, -0.2) is 43.4 Å². The second-order valence-electron chi connectivity index (χ2n) is 7.16. The van der Waals surface area contributed by atoms with Gasteiger partial charge in [-0.1, -0.05) is 24.3 Å². The van der Waals surface area contributed by atoms with Crippen LogP contribution >= 0.6 is 0 Å². The Bertz CT molecular complexity index is 1150. The van der Waals surface area contributed by atoms with E-state index in [1.54, 1.807) is 66.7 Å². The predicted molar refractivity (Wildman–Crippen MR) is 116 cm³/mol. The number of esters is 1. The molecule has 3 aromatic rings. The fourth-order valence-electron chi connectivity index (χ4n) is 3.54. The first-order valence-corrected chi connectivity index (χ1v) is 10.00. The number of fused-ring (bicyclic) bond motifs is 1. The quantitative estimate of drug-likeness (QED) is 0.322. The summed E-state index contributed by atoms with van der Waals surface area (Å²) in [7, 11) is 3.01. The summed E-state index contributed by atoms with van der Waals surface area (Å²) in [6.07, 6.45) is 0.495. The van der Waals surface area contributed by atoms with E-state index in [1.165, 1.54) is 19.1 Å². The summed E-state index contributed by atoms with van der Waals surface area (Å²) >= 11 is 0. The number of imide groups is 1. The molecule has 2 amide bonds. The minimum absolute atomic E-state index is 0.272. The van der Waals surface area contributed by atoms with Crippen molar-refractivity contribution in [2.75, 3.05) is 20.8 Å². The summed E-state index contributed by atoms with van der Waals surface area (Å²) in [5, 5.41) is 0. The van der Waals surface area contributed by atoms with E-state index in [2.05, 4.69) is 0 Å². The number of ether oxygens (including phenoxy) is 3. The molecular weight excluding hydrogens is 410 g/mol. The van der Waals surface area contributed by atoms with Crippen molar-refractivity contribution in [2.45, 2.75) is 6.42 Å². The maximum atomic E-state index is 12.5. The second kappa shape index (κ2) is 8.93. The van der Waals surface area contributed by atoms with E-state index < -0.39 is 5.97 Å². The van der Waals surface area contributed by atoms with Crippen molar-refractivity contribution >= 4 is 17.8 Å². The molecule has 1 aliphatic rings. The van der Waals surface area contributed by atoms with Crippen molar-refractivity contribution in [3.63, 3.8) is 0 Å². The Morgan fingerprint density at radius 2 is 1.44 bits per heavy atom. The van der Waals surface area contributed by atoms with Gasteiger partial charge in [-0.25, -0.2) is 4.79 Å². The molecule has 3 aromatic carbocycles. The third kappa shape index (κ3) is 4.05. The van der Waals surface area contributed by atoms with Crippen LogP contribution in [0.3, 0.4) is 0 Å². The standard InChI is InChI=1S/C25H21NO6/c1-30-21-12-9-17(15-22(21)31-2)25(29)32-18-10-7-16(8-11-18)13-14-26-23(27)19-5-3-4-6-20(19)24(26)28/h3-12,15H,13-14H2,1-2H3. The van der Waals surface area contributed by atoms with Crippen molar-refractivity contribution in [3.8, 4) is 17.2 Å². The molecule has 1 aliphatic heterocycles. The van der Waals surface area contributed by atoms with Crippen LogP contribution in [0.2, 0.25) is 0 Å². The monoisotopic (exact) mass is 431 g/mol. The lowest BCUT2D eigenvalue weighted by atomic mass is 10.1. The fraction of sp³-hybridized carbons (Fsp3) is 0.160. The number of carbonyl (C=O) groups excluding carboxylic acids is 3. The summed E-state index contributed by atoms with van der Waals surface area (Å²) in [4.78, 5) is 38.6. The molecule has 0 bridgehead atoms. The SMILES string of the molecule is COc1ccc(C(=O)Oc2ccc(CCN3C(=O)c4ccccc4C3=O)cc2)cc1OC. The van der Waals surface area contributed by atoms with Crippen LogP contribution in [0.4, 0.5) is 0 Å². The zero-order chi connectivity index (χ0) is 22.7. The van der Waals surface area contributed by atoms with E-state index in [-0.39, 0.29) is 18.4 Å². The topological polar surface area (TPSA) is 82.1 Å². The maximum Gasteiger partial charge on any atom is 0.343 e. The van der Waals surface area contributed by atoms with Gasteiger partial charge in [0.1, 0.15) is 5.75 Å². The third-order valence-corrected chi connectivity index (χ3v) is 5.26. The molecule has 0 aliphatic carbocycles. The van der Waals surface area contributed by atoms with Gasteiger partial charge in [0.2, 0.25) is 0 Å². The average Bonchev–Trinajstić information content (AvgIpc) is 3.07. The van der Waals surface area contributed by atoms with Gasteiger partial charge < -0.3 is 14.2 Å². The van der Waals surface area contributed by atoms with Gasteiger partial charge in [-0.05, 0) is 54.4 Å². The largest absolute Gasteiger partial charge is 0.493 e. The van der Waals surface area contributed by atoms with Gasteiger partial charge in [0.05, 0.1) is 30.9 Å². The number of amides is 2. The van der Waals surface area contributed by atoms with E-state index in [0.29, 0.717) is 40.4 Å². The van der Waals surface area contributed by atoms with E-state index in [4.69, 9.17) is 14.2 Å². The van der Waals surface area contributed by atoms with Crippen LogP contribution in [0, 0.1) is 0 Å². The molecule has 7 nitrogen and oxygen atoms in total. The molecule has 0 unspecified atom stereocenters. The van der Waals surface area contributed by atoms with E-state index in [1.807, 2.05) is 0 Å². The Labute approximate surface area is 185 Å². The van der Waals surface area contributed by atoms with E-state index in [0.717, 1.165) is 5.56 Å². The minimum atomic E-state index is -0.523. The number of methoxy groups -OCH3 is 2. The highest BCUT2D eigenvalue weighted by molar-refractivity contribution is 6.21. The summed E-state index contributed by atoms with van der Waals surface area (Å²) in [6.45, 7) is 0.275. The highest BCUT2D eigenvalue weighted by Crippen LogP contribution is 2.28. The number of nitrogens with zero attached hydrogens (tertiary/aromatic N) is 1. The molecule has 0 radical (unpaired) electrons. The third-order valence-electron chi connectivity index (χ3n) is 5.26. The first-order chi connectivity index (χ1) is 15.5. The van der Waals surface area contributed by atoms with Gasteiger partial charge in [-0.15, -0.1) is 0 Å². The summed E-state index contributed by atoms with van der Waals surface area (Å²) in [5.74, 6) is 0.271. The molecule has 0 aromatic heterocycles. The van der Waals surface area contributed by atoms with Crippen LogP contribution in [0.15, 0.2) is 66.7 Å². The first kappa shape index (κ1) is 21.1. The Morgan fingerprint density at radius 3 is 2.03 bits per heavy atom. The van der Waals surface area contributed by atoms with Gasteiger partial charge in [0.25, 0.3) is 11.8 Å². The first-order valence-electron chi connectivity index (χ1n) is 10.00. The minimum Gasteiger partial charge on any atom is -0.493 e. The van der Waals surface area contributed by atoms with Gasteiger partial charge in [0, 0.05) is 6.54 Å². The maximum absolute atomic E-state index is 12.5. The molecule has 4 rings (SSSR count). The van der Waals surface area contributed by atoms with Crippen molar-refractivity contribution < 1.29 is 28.6 Å². The molecule has 32 heavy (non-hydrogen) atoms. The molecule has 0 N–H and O–H groups in total. The lowest BCUT2D eigenvalue weighted by Gasteiger charge is -2.14. The number of rotatable bonds is 7. The van der Waals surface area contributed by atoms with Crippen molar-refractivity contribution in [2.24, 2.45) is 0 Å². The second-order valence-corrected chi connectivity index (χ2v) is 7.16. The molecule has 1 heterocycles. The highest BCUT2D eigenvalue weighted by atomic mass is 16.5. The predicted octanol–water partition coefficient (Wildman–Crippen LogP) is 3.76. The summed E-state index contributed by atoms with van der Waals surface area (Å²) < 4.78 is 15.8. The van der Waals surface area contributed by atoms with Crippen molar-refractivity contribution in [1.82, 2.24) is 4.90 Å². The van der Waals surface area contributed by atoms with Crippen LogP contribution in [0.5, 0.6) is 17.2 Å². The van der Waals surface area contributed by atoms with Crippen molar-refractivity contribution in [1.29, 1.82) is 0 Å². The Hall–Kier alpha value is -4.13. The zero-order valence-corrected chi connectivity index (χ0v) is 17.7. The molecule has 0 fully saturated rings. The smallest absolute Gasteiger partial charge is 0.343 e. The molecule has 0 atom stereocenters. The Balaban J connectivity index is 1.37. The van der Waals surface area contributed by atoms with Crippen LogP contribution in [-0.2, 0) is 6.42 Å².